The van der Waals surface area contributed by atoms with E-state index in [0.717, 1.165) is 17.6 Å². The summed E-state index contributed by atoms with van der Waals surface area (Å²) in [6.07, 6.45) is 2.37. The number of halogens is 1. The molecule has 0 amide bonds. The maximum Gasteiger partial charge on any atom is 0.197 e. The lowest BCUT2D eigenvalue weighted by atomic mass is 9.91. The summed E-state index contributed by atoms with van der Waals surface area (Å²) in [4.78, 5) is 18.8. The SMILES string of the molecule is O=c1c(CN2CCc3c([nH]c4ccccc34)C2c2ccccc2F)coc2ccccc12. The second kappa shape index (κ2) is 7.46. The number of aromatic nitrogens is 1. The Hall–Kier alpha value is -3.70. The minimum atomic E-state index is -0.321. The first kappa shape index (κ1) is 19.0. The van der Waals surface area contributed by atoms with Crippen LogP contribution in [-0.2, 0) is 13.0 Å². The molecule has 0 saturated carbocycles. The van der Waals surface area contributed by atoms with Crippen LogP contribution in [0.5, 0.6) is 0 Å². The van der Waals surface area contributed by atoms with Gasteiger partial charge in [-0.15, -0.1) is 0 Å². The Bertz CT molecular complexity index is 1520. The number of aromatic amines is 1. The van der Waals surface area contributed by atoms with E-state index in [1.807, 2.05) is 42.5 Å². The summed E-state index contributed by atoms with van der Waals surface area (Å²) in [5.74, 6) is -0.250. The Labute approximate surface area is 183 Å². The van der Waals surface area contributed by atoms with Gasteiger partial charge in [0.05, 0.1) is 17.7 Å². The maximum absolute atomic E-state index is 15.0. The summed E-state index contributed by atoms with van der Waals surface area (Å²) in [6, 6.07) is 22.0. The topological polar surface area (TPSA) is 49.2 Å². The molecule has 0 saturated heterocycles. The molecule has 1 atom stereocenters. The second-order valence-corrected chi connectivity index (χ2v) is 8.29. The van der Waals surface area contributed by atoms with Crippen molar-refractivity contribution in [3.8, 4) is 0 Å². The van der Waals surface area contributed by atoms with Crippen LogP contribution in [0.1, 0.15) is 28.4 Å². The molecule has 1 aliphatic rings. The van der Waals surface area contributed by atoms with Crippen LogP contribution in [-0.4, -0.2) is 16.4 Å². The summed E-state index contributed by atoms with van der Waals surface area (Å²) in [6.45, 7) is 1.08. The summed E-state index contributed by atoms with van der Waals surface area (Å²) in [5.41, 5.74) is 4.97. The summed E-state index contributed by atoms with van der Waals surface area (Å²) >= 11 is 0. The molecule has 1 unspecified atom stereocenters. The number of H-pyrrole nitrogens is 1. The van der Waals surface area contributed by atoms with Crippen molar-refractivity contribution in [3.05, 3.63) is 117 Å². The van der Waals surface area contributed by atoms with Crippen LogP contribution in [0.4, 0.5) is 4.39 Å². The Morgan fingerprint density at radius 3 is 2.59 bits per heavy atom. The molecule has 158 valence electrons. The van der Waals surface area contributed by atoms with Crippen molar-refractivity contribution in [1.29, 1.82) is 0 Å². The molecular formula is C27H21FN2O2. The first-order chi connectivity index (χ1) is 15.7. The molecule has 1 N–H and O–H groups in total. The number of nitrogens with one attached hydrogen (secondary N) is 1. The van der Waals surface area contributed by atoms with Crippen LogP contribution in [0.25, 0.3) is 21.9 Å². The molecule has 5 aromatic rings. The van der Waals surface area contributed by atoms with Crippen molar-refractivity contribution < 1.29 is 8.81 Å². The van der Waals surface area contributed by atoms with Crippen LogP contribution >= 0.6 is 0 Å². The minimum Gasteiger partial charge on any atom is -0.464 e. The van der Waals surface area contributed by atoms with E-state index in [1.54, 1.807) is 24.5 Å². The van der Waals surface area contributed by atoms with Gasteiger partial charge in [-0.05, 0) is 36.2 Å². The fourth-order valence-corrected chi connectivity index (χ4v) is 4.96. The van der Waals surface area contributed by atoms with E-state index in [4.69, 9.17) is 4.42 Å². The molecule has 3 aromatic carbocycles. The van der Waals surface area contributed by atoms with Gasteiger partial charge in [-0.25, -0.2) is 4.39 Å². The average molecular weight is 424 g/mol. The average Bonchev–Trinajstić information content (AvgIpc) is 3.20. The fourth-order valence-electron chi connectivity index (χ4n) is 4.96. The van der Waals surface area contributed by atoms with Gasteiger partial charge >= 0.3 is 0 Å². The van der Waals surface area contributed by atoms with E-state index in [2.05, 4.69) is 16.0 Å². The molecule has 3 heterocycles. The molecule has 6 rings (SSSR count). The van der Waals surface area contributed by atoms with Gasteiger partial charge in [-0.3, -0.25) is 9.69 Å². The highest BCUT2D eigenvalue weighted by Crippen LogP contribution is 2.39. The van der Waals surface area contributed by atoms with Gasteiger partial charge in [0.25, 0.3) is 0 Å². The molecule has 0 aliphatic carbocycles. The Balaban J connectivity index is 1.49. The highest BCUT2D eigenvalue weighted by molar-refractivity contribution is 5.85. The van der Waals surface area contributed by atoms with Gasteiger partial charge in [0, 0.05) is 40.8 Å². The van der Waals surface area contributed by atoms with Crippen molar-refractivity contribution in [3.63, 3.8) is 0 Å². The van der Waals surface area contributed by atoms with E-state index in [-0.39, 0.29) is 17.3 Å². The number of hydrogen-bond acceptors (Lipinski definition) is 3. The third-order valence-corrected chi connectivity index (χ3v) is 6.46. The number of benzene rings is 3. The van der Waals surface area contributed by atoms with E-state index in [1.165, 1.54) is 17.0 Å². The fraction of sp³-hybridized carbons (Fsp3) is 0.148. The predicted molar refractivity (Wildman–Crippen MR) is 123 cm³/mol. The van der Waals surface area contributed by atoms with Gasteiger partial charge in [0.2, 0.25) is 0 Å². The lowest BCUT2D eigenvalue weighted by Crippen LogP contribution is -2.37. The molecule has 5 heteroatoms. The zero-order chi connectivity index (χ0) is 21.7. The van der Waals surface area contributed by atoms with E-state index >= 15 is 4.39 Å². The van der Waals surface area contributed by atoms with Crippen LogP contribution in [0.2, 0.25) is 0 Å². The number of hydrogen-bond donors (Lipinski definition) is 1. The van der Waals surface area contributed by atoms with Gasteiger partial charge in [0.1, 0.15) is 11.4 Å². The summed E-state index contributed by atoms with van der Waals surface area (Å²) in [5, 5.41) is 1.74. The van der Waals surface area contributed by atoms with E-state index in [9.17, 15) is 4.79 Å². The van der Waals surface area contributed by atoms with Crippen molar-refractivity contribution >= 4 is 21.9 Å². The predicted octanol–water partition coefficient (Wildman–Crippen LogP) is 5.56. The van der Waals surface area contributed by atoms with Crippen LogP contribution < -0.4 is 5.43 Å². The lowest BCUT2D eigenvalue weighted by Gasteiger charge is -2.36. The third-order valence-electron chi connectivity index (χ3n) is 6.46. The first-order valence-electron chi connectivity index (χ1n) is 10.8. The van der Waals surface area contributed by atoms with Gasteiger partial charge < -0.3 is 9.40 Å². The normalized spacial score (nSPS) is 16.5. The van der Waals surface area contributed by atoms with Crippen molar-refractivity contribution in [1.82, 2.24) is 9.88 Å². The lowest BCUT2D eigenvalue weighted by molar-refractivity contribution is 0.196. The molecule has 0 radical (unpaired) electrons. The number of rotatable bonds is 3. The third kappa shape index (κ3) is 2.97. The highest BCUT2D eigenvalue weighted by atomic mass is 19.1. The van der Waals surface area contributed by atoms with E-state index in [0.29, 0.717) is 35.2 Å². The number of fused-ring (bicyclic) bond motifs is 4. The maximum atomic E-state index is 15.0. The molecule has 32 heavy (non-hydrogen) atoms. The van der Waals surface area contributed by atoms with Crippen molar-refractivity contribution in [2.75, 3.05) is 6.54 Å². The number of nitrogens with zero attached hydrogens (tertiary/aromatic N) is 1. The summed E-state index contributed by atoms with van der Waals surface area (Å²) < 4.78 is 20.7. The quantitative estimate of drug-likeness (QED) is 0.412. The van der Waals surface area contributed by atoms with Crippen molar-refractivity contribution in [2.24, 2.45) is 0 Å². The second-order valence-electron chi connectivity index (χ2n) is 8.29. The Morgan fingerprint density at radius 2 is 1.72 bits per heavy atom. The molecule has 0 fully saturated rings. The van der Waals surface area contributed by atoms with Gasteiger partial charge in [0.15, 0.2) is 5.43 Å². The van der Waals surface area contributed by atoms with Crippen LogP contribution in [0.15, 0.2) is 88.3 Å². The van der Waals surface area contributed by atoms with Crippen LogP contribution in [0, 0.1) is 5.82 Å². The van der Waals surface area contributed by atoms with Crippen molar-refractivity contribution in [2.45, 2.75) is 19.0 Å². The molecule has 2 aromatic heterocycles. The Morgan fingerprint density at radius 1 is 0.969 bits per heavy atom. The van der Waals surface area contributed by atoms with Gasteiger partial charge in [-0.2, -0.15) is 0 Å². The minimum absolute atomic E-state index is 0.0402. The molecule has 0 spiro atoms. The molecule has 4 nitrogen and oxygen atoms in total. The smallest absolute Gasteiger partial charge is 0.197 e. The van der Waals surface area contributed by atoms with E-state index < -0.39 is 0 Å². The highest BCUT2D eigenvalue weighted by Gasteiger charge is 2.33. The summed E-state index contributed by atoms with van der Waals surface area (Å²) in [7, 11) is 0. The first-order valence-corrected chi connectivity index (χ1v) is 10.8. The number of para-hydroxylation sites is 2. The van der Waals surface area contributed by atoms with Gasteiger partial charge in [-0.1, -0.05) is 48.5 Å². The zero-order valence-electron chi connectivity index (χ0n) is 17.3. The molecular weight excluding hydrogens is 403 g/mol. The largest absolute Gasteiger partial charge is 0.464 e. The Kier molecular flexibility index (Phi) is 4.44. The zero-order valence-corrected chi connectivity index (χ0v) is 17.3. The molecule has 1 aliphatic heterocycles. The van der Waals surface area contributed by atoms with Crippen LogP contribution in [0.3, 0.4) is 0 Å². The standard InChI is InChI=1S/C27H21FN2O2/c28-22-10-4-1-8-20(22)26-25-19(18-7-2-5-11-23(18)29-25)13-14-30(26)15-17-16-32-24-12-6-3-9-21(24)27(17)31/h1-12,16,26,29H,13-15H2. The monoisotopic (exact) mass is 424 g/mol. The molecule has 0 bridgehead atoms.